The Morgan fingerprint density at radius 1 is 0.963 bits per heavy atom. The highest BCUT2D eigenvalue weighted by molar-refractivity contribution is 6.32. The number of rotatable bonds is 2. The Balaban J connectivity index is 1.53. The molecule has 5 rings (SSSR count). The maximum Gasteiger partial charge on any atom is 0.363 e. The van der Waals surface area contributed by atoms with E-state index in [-0.39, 0.29) is 18.4 Å². The summed E-state index contributed by atoms with van der Waals surface area (Å²) in [5, 5.41) is 2.59. The van der Waals surface area contributed by atoms with E-state index in [9.17, 15) is 4.79 Å². The van der Waals surface area contributed by atoms with Crippen molar-refractivity contribution in [2.75, 3.05) is 6.79 Å². The molecule has 2 aliphatic heterocycles. The van der Waals surface area contributed by atoms with Crippen molar-refractivity contribution < 1.29 is 19.0 Å². The van der Waals surface area contributed by atoms with Gasteiger partial charge in [-0.05, 0) is 40.6 Å². The molecule has 3 aromatic rings. The van der Waals surface area contributed by atoms with Gasteiger partial charge in [0.2, 0.25) is 12.7 Å². The molecule has 0 bridgehead atoms. The van der Waals surface area contributed by atoms with Crippen LogP contribution in [0.1, 0.15) is 11.1 Å². The first-order valence-electron chi connectivity index (χ1n) is 8.28. The average Bonchev–Trinajstić information content (AvgIpc) is 3.28. The number of benzene rings is 3. The molecular formula is C21H12ClNO4. The molecule has 2 heterocycles. The largest absolute Gasteiger partial charge is 0.454 e. The van der Waals surface area contributed by atoms with E-state index in [0.29, 0.717) is 22.1 Å². The first-order valence-corrected chi connectivity index (χ1v) is 8.66. The molecule has 0 atom stereocenters. The minimum atomic E-state index is -0.521. The van der Waals surface area contributed by atoms with Crippen molar-refractivity contribution in [2.24, 2.45) is 4.99 Å². The Bertz CT molecular complexity index is 1170. The van der Waals surface area contributed by atoms with Gasteiger partial charge in [0.1, 0.15) is 0 Å². The quantitative estimate of drug-likeness (QED) is 0.485. The molecule has 3 aromatic carbocycles. The molecule has 0 N–H and O–H groups in total. The first-order chi connectivity index (χ1) is 13.2. The molecule has 27 heavy (non-hydrogen) atoms. The maximum atomic E-state index is 12.3. The predicted octanol–water partition coefficient (Wildman–Crippen LogP) is 4.57. The van der Waals surface area contributed by atoms with E-state index >= 15 is 0 Å². The second-order valence-corrected chi connectivity index (χ2v) is 6.53. The van der Waals surface area contributed by atoms with E-state index in [2.05, 4.69) is 4.99 Å². The zero-order valence-electron chi connectivity index (χ0n) is 13.9. The van der Waals surface area contributed by atoms with E-state index in [1.807, 2.05) is 42.5 Å². The zero-order chi connectivity index (χ0) is 18.4. The third-order valence-electron chi connectivity index (χ3n) is 4.40. The van der Waals surface area contributed by atoms with Crippen LogP contribution in [0.4, 0.5) is 0 Å². The number of ether oxygens (including phenoxy) is 3. The fourth-order valence-electron chi connectivity index (χ4n) is 3.05. The van der Waals surface area contributed by atoms with Crippen LogP contribution in [0.25, 0.3) is 16.8 Å². The second kappa shape index (κ2) is 6.14. The molecular weight excluding hydrogens is 366 g/mol. The SMILES string of the molecule is O=C1OC(c2ccc3ccccc3c2)=N/C1=C\c1cc2c(cc1Cl)OCO2. The number of fused-ring (bicyclic) bond motifs is 2. The highest BCUT2D eigenvalue weighted by Crippen LogP contribution is 2.38. The topological polar surface area (TPSA) is 57.1 Å². The van der Waals surface area contributed by atoms with Gasteiger partial charge in [-0.3, -0.25) is 0 Å². The summed E-state index contributed by atoms with van der Waals surface area (Å²) < 4.78 is 16.0. The molecule has 132 valence electrons. The van der Waals surface area contributed by atoms with Gasteiger partial charge in [0.05, 0.1) is 5.02 Å². The number of esters is 1. The first kappa shape index (κ1) is 15.9. The molecule has 0 unspecified atom stereocenters. The van der Waals surface area contributed by atoms with Crippen LogP contribution in [0.15, 0.2) is 65.3 Å². The normalized spacial score (nSPS) is 16.7. The molecule has 0 amide bonds. The number of halogens is 1. The van der Waals surface area contributed by atoms with E-state index < -0.39 is 5.97 Å². The van der Waals surface area contributed by atoms with Crippen LogP contribution in [0.5, 0.6) is 11.5 Å². The third kappa shape index (κ3) is 2.82. The van der Waals surface area contributed by atoms with E-state index in [1.54, 1.807) is 18.2 Å². The van der Waals surface area contributed by atoms with E-state index in [1.165, 1.54) is 0 Å². The molecule has 0 aromatic heterocycles. The summed E-state index contributed by atoms with van der Waals surface area (Å²) in [6.45, 7) is 0.151. The lowest BCUT2D eigenvalue weighted by Crippen LogP contribution is -2.05. The summed E-state index contributed by atoms with van der Waals surface area (Å²) >= 11 is 6.27. The van der Waals surface area contributed by atoms with Crippen LogP contribution in [0.2, 0.25) is 5.02 Å². The van der Waals surface area contributed by atoms with Gasteiger partial charge in [-0.1, -0.05) is 41.9 Å². The van der Waals surface area contributed by atoms with Gasteiger partial charge in [0.25, 0.3) is 0 Å². The number of carbonyl (C=O) groups is 1. The number of nitrogens with zero attached hydrogens (tertiary/aromatic N) is 1. The molecule has 0 saturated carbocycles. The summed E-state index contributed by atoms with van der Waals surface area (Å²) in [6, 6.07) is 17.1. The van der Waals surface area contributed by atoms with Crippen molar-refractivity contribution >= 4 is 40.3 Å². The van der Waals surface area contributed by atoms with Crippen molar-refractivity contribution in [2.45, 2.75) is 0 Å². The summed E-state index contributed by atoms with van der Waals surface area (Å²) in [5.74, 6) is 0.911. The van der Waals surface area contributed by atoms with Gasteiger partial charge in [-0.15, -0.1) is 0 Å². The minimum Gasteiger partial charge on any atom is -0.454 e. The number of aliphatic imine (C=N–C) groups is 1. The average molecular weight is 378 g/mol. The maximum absolute atomic E-state index is 12.3. The highest BCUT2D eigenvalue weighted by Gasteiger charge is 2.25. The summed E-state index contributed by atoms with van der Waals surface area (Å²) in [6.07, 6.45) is 1.58. The third-order valence-corrected chi connectivity index (χ3v) is 4.73. The van der Waals surface area contributed by atoms with E-state index in [0.717, 1.165) is 16.3 Å². The van der Waals surface area contributed by atoms with E-state index in [4.69, 9.17) is 25.8 Å². The van der Waals surface area contributed by atoms with Crippen LogP contribution >= 0.6 is 11.6 Å². The smallest absolute Gasteiger partial charge is 0.363 e. The molecule has 0 aliphatic carbocycles. The Labute approximate surface area is 159 Å². The van der Waals surface area contributed by atoms with Crippen LogP contribution in [0.3, 0.4) is 0 Å². The molecule has 0 fully saturated rings. The van der Waals surface area contributed by atoms with Crippen molar-refractivity contribution in [3.63, 3.8) is 0 Å². The number of carbonyl (C=O) groups excluding carboxylic acids is 1. The van der Waals surface area contributed by atoms with Crippen LogP contribution in [-0.4, -0.2) is 18.7 Å². The van der Waals surface area contributed by atoms with Crippen LogP contribution < -0.4 is 9.47 Å². The molecule has 6 heteroatoms. The molecule has 2 aliphatic rings. The Kier molecular flexibility index (Phi) is 3.62. The lowest BCUT2D eigenvalue weighted by atomic mass is 10.1. The predicted molar refractivity (Wildman–Crippen MR) is 102 cm³/mol. The van der Waals surface area contributed by atoms with Gasteiger partial charge in [0, 0.05) is 11.6 Å². The summed E-state index contributed by atoms with van der Waals surface area (Å²) in [7, 11) is 0. The Hall–Kier alpha value is -3.31. The molecule has 5 nitrogen and oxygen atoms in total. The Morgan fingerprint density at radius 2 is 1.74 bits per heavy atom. The van der Waals surface area contributed by atoms with Crippen LogP contribution in [-0.2, 0) is 9.53 Å². The summed E-state index contributed by atoms with van der Waals surface area (Å²) in [4.78, 5) is 16.6. The van der Waals surface area contributed by atoms with Gasteiger partial charge < -0.3 is 14.2 Å². The van der Waals surface area contributed by atoms with Crippen molar-refractivity contribution in [1.82, 2.24) is 0 Å². The molecule has 0 spiro atoms. The Morgan fingerprint density at radius 3 is 2.59 bits per heavy atom. The van der Waals surface area contributed by atoms with Gasteiger partial charge in [-0.2, -0.15) is 0 Å². The lowest BCUT2D eigenvalue weighted by molar-refractivity contribution is -0.129. The van der Waals surface area contributed by atoms with Gasteiger partial charge >= 0.3 is 5.97 Å². The zero-order valence-corrected chi connectivity index (χ0v) is 14.7. The van der Waals surface area contributed by atoms with Gasteiger partial charge in [0.15, 0.2) is 17.2 Å². The van der Waals surface area contributed by atoms with Crippen molar-refractivity contribution in [1.29, 1.82) is 0 Å². The van der Waals surface area contributed by atoms with Crippen molar-refractivity contribution in [3.8, 4) is 11.5 Å². The number of cyclic esters (lactones) is 1. The fourth-order valence-corrected chi connectivity index (χ4v) is 3.25. The number of hydrogen-bond acceptors (Lipinski definition) is 5. The fraction of sp³-hybridized carbons (Fsp3) is 0.0476. The minimum absolute atomic E-state index is 0.151. The molecule has 0 saturated heterocycles. The number of hydrogen-bond donors (Lipinski definition) is 0. The second-order valence-electron chi connectivity index (χ2n) is 6.12. The lowest BCUT2D eigenvalue weighted by Gasteiger charge is -2.02. The monoisotopic (exact) mass is 377 g/mol. The molecule has 0 radical (unpaired) electrons. The van der Waals surface area contributed by atoms with Crippen LogP contribution in [0, 0.1) is 0 Å². The highest BCUT2D eigenvalue weighted by atomic mass is 35.5. The summed E-state index contributed by atoms with van der Waals surface area (Å²) in [5.41, 5.74) is 1.53. The van der Waals surface area contributed by atoms with Crippen molar-refractivity contribution in [3.05, 3.63) is 76.4 Å². The van der Waals surface area contributed by atoms with Gasteiger partial charge in [-0.25, -0.2) is 9.79 Å². The standard InChI is InChI=1S/C21H12ClNO4/c22-16-10-19-18(25-11-26-19)9-15(16)8-17-21(24)27-20(23-17)14-6-5-12-3-1-2-4-13(12)7-14/h1-10H,11H2/b17-8-.